The van der Waals surface area contributed by atoms with Gasteiger partial charge in [-0.2, -0.15) is 0 Å². The van der Waals surface area contributed by atoms with Gasteiger partial charge in [0.05, 0.1) is 10.7 Å². The maximum atomic E-state index is 11.6. The Morgan fingerprint density at radius 1 is 1.41 bits per heavy atom. The molecule has 1 aromatic carbocycles. The van der Waals surface area contributed by atoms with Gasteiger partial charge in [0.2, 0.25) is 0 Å². The Hall–Kier alpha value is -1.45. The number of amides is 2. The first-order valence-corrected chi connectivity index (χ1v) is 5.64. The summed E-state index contributed by atoms with van der Waals surface area (Å²) in [5.74, 6) is 0. The van der Waals surface area contributed by atoms with Crippen LogP contribution >= 0.6 is 23.2 Å². The Balaban J connectivity index is 2.71. The fraction of sp³-hybridized carbons (Fsp3) is 0.0833. The number of nitrogens with one attached hydrogen (secondary N) is 2. The number of anilines is 1. The number of carbonyl (C=O) groups is 1. The molecule has 2 N–H and O–H groups in total. The molecule has 0 aliphatic heterocycles. The molecule has 1 aromatic rings. The fourth-order valence-corrected chi connectivity index (χ4v) is 1.57. The molecule has 2 amide bonds. The van der Waals surface area contributed by atoms with E-state index in [-0.39, 0.29) is 6.03 Å². The molecule has 0 aliphatic rings. The van der Waals surface area contributed by atoms with E-state index in [0.29, 0.717) is 21.4 Å². The lowest BCUT2D eigenvalue weighted by atomic mass is 10.3. The molecule has 5 heteroatoms. The number of benzene rings is 1. The van der Waals surface area contributed by atoms with Gasteiger partial charge in [0.25, 0.3) is 0 Å². The summed E-state index contributed by atoms with van der Waals surface area (Å²) in [7, 11) is 0. The Bertz CT molecular complexity index is 470. The average molecular weight is 271 g/mol. The first-order chi connectivity index (χ1) is 8.06. The van der Waals surface area contributed by atoms with Crippen molar-refractivity contribution in [1.82, 2.24) is 5.32 Å². The van der Waals surface area contributed by atoms with E-state index in [4.69, 9.17) is 23.2 Å². The maximum absolute atomic E-state index is 11.6. The Morgan fingerprint density at radius 3 is 2.65 bits per heavy atom. The van der Waals surface area contributed by atoms with E-state index < -0.39 is 0 Å². The monoisotopic (exact) mass is 270 g/mol. The Labute approximate surface area is 110 Å². The summed E-state index contributed by atoms with van der Waals surface area (Å²) >= 11 is 11.7. The van der Waals surface area contributed by atoms with Crippen LogP contribution in [0.3, 0.4) is 0 Å². The summed E-state index contributed by atoms with van der Waals surface area (Å²) < 4.78 is 0. The van der Waals surface area contributed by atoms with Crippen molar-refractivity contribution in [2.45, 2.75) is 6.92 Å². The number of hydrogen-bond acceptors (Lipinski definition) is 1. The van der Waals surface area contributed by atoms with E-state index in [1.54, 1.807) is 37.3 Å². The van der Waals surface area contributed by atoms with Gasteiger partial charge in [0.15, 0.2) is 0 Å². The van der Waals surface area contributed by atoms with Crippen molar-refractivity contribution in [2.24, 2.45) is 0 Å². The normalized spacial score (nSPS) is 10.9. The van der Waals surface area contributed by atoms with Gasteiger partial charge in [0, 0.05) is 10.7 Å². The molecule has 0 saturated heterocycles. The summed E-state index contributed by atoms with van der Waals surface area (Å²) in [6.45, 7) is 5.36. The molecule has 0 aliphatic carbocycles. The van der Waals surface area contributed by atoms with Crippen LogP contribution < -0.4 is 10.6 Å². The zero-order valence-electron chi connectivity index (χ0n) is 9.26. The van der Waals surface area contributed by atoms with Crippen LogP contribution in [0.2, 0.25) is 10.0 Å². The van der Waals surface area contributed by atoms with Crippen LogP contribution in [0.1, 0.15) is 6.92 Å². The van der Waals surface area contributed by atoms with Crippen LogP contribution in [0, 0.1) is 0 Å². The molecule has 0 heterocycles. The van der Waals surface area contributed by atoms with Crippen molar-refractivity contribution in [2.75, 3.05) is 5.32 Å². The van der Waals surface area contributed by atoms with E-state index in [1.165, 1.54) is 0 Å². The zero-order valence-corrected chi connectivity index (χ0v) is 10.8. The highest BCUT2D eigenvalue weighted by molar-refractivity contribution is 6.36. The highest BCUT2D eigenvalue weighted by Crippen LogP contribution is 2.25. The highest BCUT2D eigenvalue weighted by atomic mass is 35.5. The molecular formula is C12H12Cl2N2O. The molecule has 1 rings (SSSR count). The first-order valence-electron chi connectivity index (χ1n) is 4.88. The molecule has 0 atom stereocenters. The molecule has 90 valence electrons. The number of halogens is 2. The fourth-order valence-electron chi connectivity index (χ4n) is 1.12. The molecule has 0 aromatic heterocycles. The number of allylic oxidation sites excluding steroid dienone is 2. The average Bonchev–Trinajstić information content (AvgIpc) is 2.29. The molecular weight excluding hydrogens is 259 g/mol. The second kappa shape index (κ2) is 6.33. The SMILES string of the molecule is C=C/C(=C\C)NC(=O)Nc1ccc(Cl)cc1Cl. The Morgan fingerprint density at radius 2 is 2.12 bits per heavy atom. The van der Waals surface area contributed by atoms with Crippen molar-refractivity contribution in [3.63, 3.8) is 0 Å². The maximum Gasteiger partial charge on any atom is 0.323 e. The molecule has 0 bridgehead atoms. The summed E-state index contributed by atoms with van der Waals surface area (Å²) in [5.41, 5.74) is 1.11. The van der Waals surface area contributed by atoms with Crippen molar-refractivity contribution in [1.29, 1.82) is 0 Å². The van der Waals surface area contributed by atoms with Crippen molar-refractivity contribution in [3.8, 4) is 0 Å². The molecule has 0 unspecified atom stereocenters. The van der Waals surface area contributed by atoms with E-state index in [9.17, 15) is 4.79 Å². The predicted molar refractivity (Wildman–Crippen MR) is 72.6 cm³/mol. The lowest BCUT2D eigenvalue weighted by molar-refractivity contribution is 0.254. The summed E-state index contributed by atoms with van der Waals surface area (Å²) in [5, 5.41) is 6.11. The third-order valence-corrected chi connectivity index (χ3v) is 2.52. The van der Waals surface area contributed by atoms with Gasteiger partial charge in [-0.15, -0.1) is 0 Å². The van der Waals surface area contributed by atoms with E-state index in [1.807, 2.05) is 0 Å². The lowest BCUT2D eigenvalue weighted by Crippen LogP contribution is -2.27. The largest absolute Gasteiger partial charge is 0.323 e. The topological polar surface area (TPSA) is 41.1 Å². The van der Waals surface area contributed by atoms with Crippen LogP contribution in [0.15, 0.2) is 42.6 Å². The summed E-state index contributed by atoms with van der Waals surface area (Å²) in [6, 6.07) is 4.45. The van der Waals surface area contributed by atoms with Crippen molar-refractivity contribution >= 4 is 34.9 Å². The summed E-state index contributed by atoms with van der Waals surface area (Å²) in [4.78, 5) is 11.6. The Kier molecular flexibility index (Phi) is 5.07. The van der Waals surface area contributed by atoms with Crippen LogP contribution in [-0.4, -0.2) is 6.03 Å². The van der Waals surface area contributed by atoms with Crippen LogP contribution in [0.5, 0.6) is 0 Å². The van der Waals surface area contributed by atoms with Crippen LogP contribution in [-0.2, 0) is 0 Å². The number of hydrogen-bond donors (Lipinski definition) is 2. The standard InChI is InChI=1S/C12H12Cl2N2O/c1-3-9(4-2)15-12(17)16-11-6-5-8(13)7-10(11)14/h3-7H,1H2,2H3,(H2,15,16,17)/b9-4+. The van der Waals surface area contributed by atoms with Gasteiger partial charge in [0.1, 0.15) is 0 Å². The van der Waals surface area contributed by atoms with E-state index in [2.05, 4.69) is 17.2 Å². The molecule has 0 radical (unpaired) electrons. The van der Waals surface area contributed by atoms with Gasteiger partial charge in [-0.1, -0.05) is 35.9 Å². The molecule has 17 heavy (non-hydrogen) atoms. The summed E-state index contributed by atoms with van der Waals surface area (Å²) in [6.07, 6.45) is 3.28. The predicted octanol–water partition coefficient (Wildman–Crippen LogP) is 4.20. The molecule has 0 fully saturated rings. The zero-order chi connectivity index (χ0) is 12.8. The minimum absolute atomic E-state index is 0.383. The van der Waals surface area contributed by atoms with E-state index in [0.717, 1.165) is 0 Å². The lowest BCUT2D eigenvalue weighted by Gasteiger charge is -2.09. The smallest absolute Gasteiger partial charge is 0.308 e. The minimum atomic E-state index is -0.387. The van der Waals surface area contributed by atoms with Gasteiger partial charge >= 0.3 is 6.03 Å². The third-order valence-electron chi connectivity index (χ3n) is 1.97. The van der Waals surface area contributed by atoms with Gasteiger partial charge < -0.3 is 10.6 Å². The third kappa shape index (κ3) is 4.13. The molecule has 3 nitrogen and oxygen atoms in total. The van der Waals surface area contributed by atoms with Gasteiger partial charge in [-0.25, -0.2) is 4.79 Å². The second-order valence-corrected chi connectivity index (χ2v) is 4.00. The minimum Gasteiger partial charge on any atom is -0.308 e. The van der Waals surface area contributed by atoms with Crippen LogP contribution in [0.4, 0.5) is 10.5 Å². The van der Waals surface area contributed by atoms with E-state index >= 15 is 0 Å². The van der Waals surface area contributed by atoms with Crippen molar-refractivity contribution < 1.29 is 4.79 Å². The number of carbonyl (C=O) groups excluding carboxylic acids is 1. The second-order valence-electron chi connectivity index (χ2n) is 3.15. The van der Waals surface area contributed by atoms with Crippen LogP contribution in [0.25, 0.3) is 0 Å². The highest BCUT2D eigenvalue weighted by Gasteiger charge is 2.06. The van der Waals surface area contributed by atoms with Gasteiger partial charge in [-0.05, 0) is 31.2 Å². The number of rotatable bonds is 3. The van der Waals surface area contributed by atoms with Gasteiger partial charge in [-0.3, -0.25) is 0 Å². The molecule has 0 spiro atoms. The molecule has 0 saturated carbocycles. The number of urea groups is 1. The first kappa shape index (κ1) is 13.6. The van der Waals surface area contributed by atoms with Crippen molar-refractivity contribution in [3.05, 3.63) is 52.7 Å². The quantitative estimate of drug-likeness (QED) is 0.794.